The van der Waals surface area contributed by atoms with Gasteiger partial charge in [0.25, 0.3) is 15.7 Å². The summed E-state index contributed by atoms with van der Waals surface area (Å²) in [6, 6.07) is 16.8. The second kappa shape index (κ2) is 9.28. The average Bonchev–Trinajstić information content (AvgIpc) is 3.21. The van der Waals surface area contributed by atoms with E-state index in [9.17, 15) is 18.4 Å². The van der Waals surface area contributed by atoms with Crippen molar-refractivity contribution in [3.8, 4) is 11.6 Å². The molecular weight excluding hydrogens is 450 g/mol. The normalized spacial score (nSPS) is 11.4. The Morgan fingerprint density at radius 3 is 2.52 bits per heavy atom. The highest BCUT2D eigenvalue weighted by Crippen LogP contribution is 2.30. The smallest absolute Gasteiger partial charge is 0.415 e. The lowest BCUT2D eigenvalue weighted by Crippen LogP contribution is -2.30. The van der Waals surface area contributed by atoms with Crippen molar-refractivity contribution in [2.24, 2.45) is 5.10 Å². The first-order valence-electron chi connectivity index (χ1n) is 9.37. The monoisotopic (exact) mass is 465 g/mol. The minimum absolute atomic E-state index is 0.123. The number of amides is 1. The van der Waals surface area contributed by atoms with E-state index in [-0.39, 0.29) is 15.5 Å². The molecule has 0 aliphatic heterocycles. The molecule has 0 unspecified atom stereocenters. The van der Waals surface area contributed by atoms with E-state index in [1.807, 2.05) is 0 Å². The lowest BCUT2D eigenvalue weighted by atomic mass is 10.2. The van der Waals surface area contributed by atoms with Crippen LogP contribution < -0.4 is 15.1 Å². The Bertz CT molecular complexity index is 1410. The number of hydrogen-bond donors (Lipinski definition) is 1. The molecular formula is C21H15N5O6S. The number of sulfone groups is 1. The van der Waals surface area contributed by atoms with Crippen LogP contribution in [0, 0.1) is 5.21 Å². The van der Waals surface area contributed by atoms with E-state index >= 15 is 0 Å². The third-order valence-corrected chi connectivity index (χ3v) is 6.02. The Kier molecular flexibility index (Phi) is 6.09. The van der Waals surface area contributed by atoms with Crippen LogP contribution in [0.5, 0.6) is 11.6 Å². The van der Waals surface area contributed by atoms with E-state index in [2.05, 4.69) is 25.3 Å². The Balaban J connectivity index is 1.59. The number of pyridine rings is 1. The summed E-state index contributed by atoms with van der Waals surface area (Å²) in [5.41, 5.74) is 3.10. The van der Waals surface area contributed by atoms with Crippen molar-refractivity contribution in [2.75, 3.05) is 0 Å². The fourth-order valence-corrected chi connectivity index (χ4v) is 4.00. The lowest BCUT2D eigenvalue weighted by Gasteiger charge is -2.05. The van der Waals surface area contributed by atoms with Gasteiger partial charge in [0.1, 0.15) is 5.75 Å². The van der Waals surface area contributed by atoms with Crippen LogP contribution in [0.15, 0.2) is 98.8 Å². The van der Waals surface area contributed by atoms with Crippen molar-refractivity contribution in [1.82, 2.24) is 15.6 Å². The molecule has 1 amide bonds. The maximum Gasteiger partial charge on any atom is 0.420 e. The van der Waals surface area contributed by atoms with Gasteiger partial charge in [-0.1, -0.05) is 30.3 Å². The highest BCUT2D eigenvalue weighted by molar-refractivity contribution is 7.91. The number of nitrogens with one attached hydrogen (secondary N) is 1. The first-order valence-corrected chi connectivity index (χ1v) is 10.9. The SMILES string of the molecule is O=C(N/N=C/c1ccccc1Oc1no[n+]([O-])c1S(=O)(=O)c1ccccc1)c1ccncc1. The number of aromatic nitrogens is 3. The van der Waals surface area contributed by atoms with Crippen LogP contribution >= 0.6 is 0 Å². The maximum absolute atomic E-state index is 12.9. The van der Waals surface area contributed by atoms with Gasteiger partial charge < -0.3 is 9.94 Å². The molecule has 0 aliphatic carbocycles. The van der Waals surface area contributed by atoms with Crippen LogP contribution in [0.3, 0.4) is 0 Å². The van der Waals surface area contributed by atoms with Gasteiger partial charge in [-0.05, 0) is 41.3 Å². The van der Waals surface area contributed by atoms with Gasteiger partial charge >= 0.3 is 10.9 Å². The van der Waals surface area contributed by atoms with Crippen LogP contribution in [0.25, 0.3) is 0 Å². The van der Waals surface area contributed by atoms with Crippen molar-refractivity contribution in [3.05, 3.63) is 95.5 Å². The van der Waals surface area contributed by atoms with Gasteiger partial charge in [-0.2, -0.15) is 5.10 Å². The molecule has 33 heavy (non-hydrogen) atoms. The highest BCUT2D eigenvalue weighted by atomic mass is 32.2. The van der Waals surface area contributed by atoms with Crippen molar-refractivity contribution >= 4 is 22.0 Å². The van der Waals surface area contributed by atoms with Crippen LogP contribution in [0.4, 0.5) is 0 Å². The van der Waals surface area contributed by atoms with Gasteiger partial charge in [0.2, 0.25) is 0 Å². The molecule has 1 N–H and O–H groups in total. The zero-order valence-electron chi connectivity index (χ0n) is 16.7. The topological polar surface area (TPSA) is 151 Å². The van der Waals surface area contributed by atoms with Crippen molar-refractivity contribution < 1.29 is 27.5 Å². The number of nitrogens with zero attached hydrogens (tertiary/aromatic N) is 4. The van der Waals surface area contributed by atoms with Crippen molar-refractivity contribution in [1.29, 1.82) is 0 Å². The molecule has 11 nitrogen and oxygen atoms in total. The second-order valence-corrected chi connectivity index (χ2v) is 8.30. The van der Waals surface area contributed by atoms with Gasteiger partial charge in [0.15, 0.2) is 0 Å². The number of hydrogen-bond acceptors (Lipinski definition) is 9. The summed E-state index contributed by atoms with van der Waals surface area (Å²) >= 11 is 0. The summed E-state index contributed by atoms with van der Waals surface area (Å²) in [5, 5.41) is 18.6. The van der Waals surface area contributed by atoms with Crippen molar-refractivity contribution in [2.45, 2.75) is 9.92 Å². The molecule has 0 radical (unpaired) electrons. The van der Waals surface area contributed by atoms with E-state index in [4.69, 9.17) is 4.74 Å². The number of carbonyl (C=O) groups is 1. The molecule has 0 saturated heterocycles. The summed E-state index contributed by atoms with van der Waals surface area (Å²) in [5.74, 6) is -0.875. The molecule has 166 valence electrons. The minimum atomic E-state index is -4.28. The van der Waals surface area contributed by atoms with Crippen LogP contribution in [-0.4, -0.2) is 30.7 Å². The number of rotatable bonds is 7. The van der Waals surface area contributed by atoms with Gasteiger partial charge in [-0.15, -0.1) is 0 Å². The zero-order valence-corrected chi connectivity index (χ0v) is 17.5. The Morgan fingerprint density at radius 2 is 1.76 bits per heavy atom. The lowest BCUT2D eigenvalue weighted by molar-refractivity contribution is -0.832. The zero-order chi connectivity index (χ0) is 23.3. The van der Waals surface area contributed by atoms with Gasteiger partial charge in [-0.3, -0.25) is 14.4 Å². The number of hydrazone groups is 1. The number of ether oxygens (including phenoxy) is 1. The summed E-state index contributed by atoms with van der Waals surface area (Å²) in [4.78, 5) is 15.6. The quantitative estimate of drug-likeness (QED) is 0.248. The van der Waals surface area contributed by atoms with Gasteiger partial charge in [0, 0.05) is 23.5 Å². The highest BCUT2D eigenvalue weighted by Gasteiger charge is 2.36. The van der Waals surface area contributed by atoms with Gasteiger partial charge in [0.05, 0.1) is 16.3 Å². The molecule has 0 fully saturated rings. The standard InChI is InChI=1S/C21H15N5O6S/c27-19(15-10-12-22-13-11-15)24-23-14-16-6-4-5-9-18(16)31-20-21(26(28)32-25-20)33(29,30)17-7-2-1-3-8-17/h1-14H,(H,24,27)/b23-14+. The van der Waals surface area contributed by atoms with E-state index in [1.54, 1.807) is 24.3 Å². The van der Waals surface area contributed by atoms with Crippen LogP contribution in [-0.2, 0) is 9.84 Å². The summed E-state index contributed by atoms with van der Waals surface area (Å²) < 4.78 is 35.9. The largest absolute Gasteiger partial charge is 0.420 e. The van der Waals surface area contributed by atoms with E-state index < -0.39 is 26.7 Å². The average molecular weight is 465 g/mol. The Morgan fingerprint density at radius 1 is 1.06 bits per heavy atom. The fourth-order valence-electron chi connectivity index (χ4n) is 2.73. The predicted molar refractivity (Wildman–Crippen MR) is 113 cm³/mol. The molecule has 0 atom stereocenters. The molecule has 0 bridgehead atoms. The van der Waals surface area contributed by atoms with Crippen LogP contribution in [0.1, 0.15) is 15.9 Å². The van der Waals surface area contributed by atoms with Crippen molar-refractivity contribution in [3.63, 3.8) is 0 Å². The Labute approximate surface area is 187 Å². The predicted octanol–water partition coefficient (Wildman–Crippen LogP) is 2.09. The van der Waals surface area contributed by atoms with E-state index in [0.29, 0.717) is 11.1 Å². The van der Waals surface area contributed by atoms with E-state index in [1.165, 1.54) is 61.1 Å². The molecule has 4 rings (SSSR count). The Hall–Kier alpha value is -4.58. The third kappa shape index (κ3) is 4.70. The summed E-state index contributed by atoms with van der Waals surface area (Å²) in [6.07, 6.45) is 4.25. The molecule has 0 spiro atoms. The molecule has 4 aromatic rings. The molecule has 2 heterocycles. The molecule has 2 aromatic carbocycles. The number of para-hydroxylation sites is 1. The first kappa shape index (κ1) is 21.6. The summed E-state index contributed by atoms with van der Waals surface area (Å²) in [6.45, 7) is 0. The van der Waals surface area contributed by atoms with Gasteiger partial charge in [-0.25, -0.2) is 13.8 Å². The first-order chi connectivity index (χ1) is 16.0. The molecule has 12 heteroatoms. The third-order valence-electron chi connectivity index (χ3n) is 4.29. The maximum atomic E-state index is 12.9. The number of carbonyl (C=O) groups excluding carboxylic acids is 1. The molecule has 0 saturated carbocycles. The summed E-state index contributed by atoms with van der Waals surface area (Å²) in [7, 11) is -4.28. The second-order valence-electron chi connectivity index (χ2n) is 6.43. The van der Waals surface area contributed by atoms with E-state index in [0.717, 1.165) is 0 Å². The molecule has 0 aliphatic rings. The molecule has 2 aromatic heterocycles. The minimum Gasteiger partial charge on any atom is -0.415 e. The fraction of sp³-hybridized carbons (Fsp3) is 0. The van der Waals surface area contributed by atoms with Crippen LogP contribution in [0.2, 0.25) is 0 Å². The number of benzene rings is 2.